The fraction of sp³-hybridized carbons (Fsp3) is 0.269. The molecule has 5 nitrogen and oxygen atoms in total. The zero-order chi connectivity index (χ0) is 22.7. The summed E-state index contributed by atoms with van der Waals surface area (Å²) in [7, 11) is -3.34. The second kappa shape index (κ2) is 9.17. The molecule has 0 aromatic heterocycles. The van der Waals surface area contributed by atoms with Crippen molar-refractivity contribution in [2.75, 3.05) is 16.6 Å². The average molecular weight is 449 g/mol. The molecule has 0 aliphatic carbocycles. The van der Waals surface area contributed by atoms with Crippen LogP contribution in [0.15, 0.2) is 72.8 Å². The largest absolute Gasteiger partial charge is 0.341 e. The predicted molar refractivity (Wildman–Crippen MR) is 128 cm³/mol. The molecule has 1 N–H and O–H groups in total. The highest BCUT2D eigenvalue weighted by atomic mass is 32.2. The summed E-state index contributed by atoms with van der Waals surface area (Å²) in [5, 5.41) is 3.17. The van der Waals surface area contributed by atoms with E-state index >= 15 is 0 Å². The first-order valence-corrected chi connectivity index (χ1v) is 12.5. The highest BCUT2D eigenvalue weighted by Gasteiger charge is 2.27. The Hall–Kier alpha value is -3.12. The molecular weight excluding hydrogens is 420 g/mol. The number of hydrogen-bond acceptors (Lipinski definition) is 3. The van der Waals surface area contributed by atoms with Gasteiger partial charge in [0.1, 0.15) is 0 Å². The summed E-state index contributed by atoms with van der Waals surface area (Å²) in [4.78, 5) is 13.3. The van der Waals surface area contributed by atoms with Gasteiger partial charge in [-0.3, -0.25) is 9.10 Å². The van der Waals surface area contributed by atoms with Crippen molar-refractivity contribution in [2.24, 2.45) is 0 Å². The number of benzene rings is 3. The van der Waals surface area contributed by atoms with Crippen LogP contribution < -0.4 is 9.62 Å². The second-order valence-electron chi connectivity index (χ2n) is 8.32. The minimum absolute atomic E-state index is 0.145. The number of rotatable bonds is 5. The van der Waals surface area contributed by atoms with E-state index in [9.17, 15) is 13.2 Å². The highest BCUT2D eigenvalue weighted by Crippen LogP contribution is 2.28. The Labute approximate surface area is 190 Å². The average Bonchev–Trinajstić information content (AvgIpc) is 2.78. The Morgan fingerprint density at radius 1 is 0.938 bits per heavy atom. The normalized spacial score (nSPS) is 16.4. The Kier molecular flexibility index (Phi) is 6.33. The van der Waals surface area contributed by atoms with Gasteiger partial charge in [0.25, 0.3) is 5.91 Å². The molecule has 0 unspecified atom stereocenters. The van der Waals surface area contributed by atoms with Crippen LogP contribution >= 0.6 is 0 Å². The number of nitrogens with zero attached hydrogens (tertiary/aromatic N) is 1. The van der Waals surface area contributed by atoms with E-state index in [2.05, 4.69) is 17.4 Å². The van der Waals surface area contributed by atoms with Gasteiger partial charge in [-0.15, -0.1) is 0 Å². The van der Waals surface area contributed by atoms with Gasteiger partial charge in [0.05, 0.1) is 17.5 Å². The van der Waals surface area contributed by atoms with Crippen LogP contribution in [0.1, 0.15) is 51.5 Å². The van der Waals surface area contributed by atoms with E-state index in [0.29, 0.717) is 24.2 Å². The van der Waals surface area contributed by atoms with Crippen molar-refractivity contribution >= 4 is 21.6 Å². The molecule has 1 heterocycles. The van der Waals surface area contributed by atoms with Crippen molar-refractivity contribution in [3.63, 3.8) is 0 Å². The van der Waals surface area contributed by atoms with E-state index in [1.807, 2.05) is 50.2 Å². The molecule has 1 saturated heterocycles. The lowest BCUT2D eigenvalue weighted by atomic mass is 9.93. The van der Waals surface area contributed by atoms with Crippen LogP contribution in [0, 0.1) is 13.8 Å². The van der Waals surface area contributed by atoms with Crippen LogP contribution in [0.25, 0.3) is 0 Å². The van der Waals surface area contributed by atoms with Gasteiger partial charge in [0.2, 0.25) is 10.0 Å². The lowest BCUT2D eigenvalue weighted by molar-refractivity contribution is 0.0943. The third-order valence-corrected chi connectivity index (χ3v) is 7.76. The molecular formula is C26H28N2O3S. The zero-order valence-corrected chi connectivity index (χ0v) is 19.2. The Bertz CT molecular complexity index is 1220. The summed E-state index contributed by atoms with van der Waals surface area (Å²) >= 11 is 0. The molecule has 1 atom stereocenters. The molecule has 1 amide bonds. The maximum atomic E-state index is 13.3. The first kappa shape index (κ1) is 22.1. The third kappa shape index (κ3) is 4.70. The van der Waals surface area contributed by atoms with Gasteiger partial charge in [0.15, 0.2) is 0 Å². The predicted octanol–water partition coefficient (Wildman–Crippen LogP) is 4.75. The molecule has 0 radical (unpaired) electrons. The zero-order valence-electron chi connectivity index (χ0n) is 18.4. The summed E-state index contributed by atoms with van der Waals surface area (Å²) < 4.78 is 26.4. The molecule has 3 aromatic carbocycles. The summed E-state index contributed by atoms with van der Waals surface area (Å²) in [6, 6.07) is 22.6. The second-order valence-corrected chi connectivity index (χ2v) is 10.3. The van der Waals surface area contributed by atoms with E-state index in [-0.39, 0.29) is 17.7 Å². The lowest BCUT2D eigenvalue weighted by Crippen LogP contribution is -2.38. The van der Waals surface area contributed by atoms with Gasteiger partial charge < -0.3 is 5.32 Å². The van der Waals surface area contributed by atoms with Gasteiger partial charge in [0, 0.05) is 12.1 Å². The van der Waals surface area contributed by atoms with Crippen molar-refractivity contribution in [1.82, 2.24) is 5.32 Å². The molecule has 1 aliphatic heterocycles. The topological polar surface area (TPSA) is 66.5 Å². The summed E-state index contributed by atoms with van der Waals surface area (Å²) in [6.45, 7) is 4.54. The maximum absolute atomic E-state index is 13.3. The van der Waals surface area contributed by atoms with Crippen molar-refractivity contribution in [3.8, 4) is 0 Å². The standard InChI is InChI=1S/C26H28N2O3S/c1-19-13-14-24(20(2)17-19)25(21-9-4-3-5-10-21)27-26(29)22-11-8-12-23(18-22)28-15-6-7-16-32(28,30)31/h3-5,8-14,17-18,25H,6-7,15-16H2,1-2H3,(H,27,29)/t25-/m0/s1. The van der Waals surface area contributed by atoms with Crippen LogP contribution in [0.4, 0.5) is 5.69 Å². The molecule has 0 bridgehead atoms. The van der Waals surface area contributed by atoms with Crippen LogP contribution in [-0.2, 0) is 10.0 Å². The Balaban J connectivity index is 1.66. The number of aryl methyl sites for hydroxylation is 2. The lowest BCUT2D eigenvalue weighted by Gasteiger charge is -2.28. The minimum Gasteiger partial charge on any atom is -0.341 e. The Morgan fingerprint density at radius 2 is 1.72 bits per heavy atom. The summed E-state index contributed by atoms with van der Waals surface area (Å²) in [6.07, 6.45) is 1.49. The van der Waals surface area contributed by atoms with Gasteiger partial charge in [-0.05, 0) is 61.6 Å². The number of carbonyl (C=O) groups is 1. The molecule has 1 aliphatic rings. The molecule has 3 aromatic rings. The fourth-order valence-corrected chi connectivity index (χ4v) is 5.86. The monoisotopic (exact) mass is 448 g/mol. The molecule has 4 rings (SSSR count). The van der Waals surface area contributed by atoms with E-state index in [0.717, 1.165) is 23.1 Å². The van der Waals surface area contributed by atoms with Crippen molar-refractivity contribution in [2.45, 2.75) is 32.7 Å². The molecule has 32 heavy (non-hydrogen) atoms. The smallest absolute Gasteiger partial charge is 0.252 e. The number of anilines is 1. The summed E-state index contributed by atoms with van der Waals surface area (Å²) in [5.74, 6) is -0.0956. The number of carbonyl (C=O) groups excluding carboxylic acids is 1. The van der Waals surface area contributed by atoms with Crippen molar-refractivity contribution < 1.29 is 13.2 Å². The molecule has 166 valence electrons. The summed E-state index contributed by atoms with van der Waals surface area (Å²) in [5.41, 5.74) is 5.27. The number of amides is 1. The Morgan fingerprint density at radius 3 is 2.44 bits per heavy atom. The first-order chi connectivity index (χ1) is 15.3. The molecule has 0 saturated carbocycles. The molecule has 1 fully saturated rings. The maximum Gasteiger partial charge on any atom is 0.252 e. The quantitative estimate of drug-likeness (QED) is 0.612. The van der Waals surface area contributed by atoms with E-state index < -0.39 is 10.0 Å². The van der Waals surface area contributed by atoms with Crippen molar-refractivity contribution in [1.29, 1.82) is 0 Å². The van der Waals surface area contributed by atoms with E-state index in [4.69, 9.17) is 0 Å². The number of sulfonamides is 1. The van der Waals surface area contributed by atoms with Crippen LogP contribution in [-0.4, -0.2) is 26.6 Å². The van der Waals surface area contributed by atoms with E-state index in [1.54, 1.807) is 24.3 Å². The number of hydrogen-bond donors (Lipinski definition) is 1. The molecule has 6 heteroatoms. The van der Waals surface area contributed by atoms with E-state index in [1.165, 1.54) is 9.87 Å². The first-order valence-electron chi connectivity index (χ1n) is 10.9. The van der Waals surface area contributed by atoms with Crippen molar-refractivity contribution in [3.05, 3.63) is 101 Å². The molecule has 0 spiro atoms. The van der Waals surface area contributed by atoms with Crippen LogP contribution in [0.2, 0.25) is 0 Å². The fourth-order valence-electron chi connectivity index (χ4n) is 4.23. The number of nitrogens with one attached hydrogen (secondary N) is 1. The van der Waals surface area contributed by atoms with Crippen LogP contribution in [0.5, 0.6) is 0 Å². The highest BCUT2D eigenvalue weighted by molar-refractivity contribution is 7.92. The SMILES string of the molecule is Cc1ccc([C@@H](NC(=O)c2cccc(N3CCCCS3(=O)=O)c2)c2ccccc2)c(C)c1. The van der Waals surface area contributed by atoms with Gasteiger partial charge in [-0.2, -0.15) is 0 Å². The van der Waals surface area contributed by atoms with Gasteiger partial charge in [-0.1, -0.05) is 60.2 Å². The van der Waals surface area contributed by atoms with Crippen LogP contribution in [0.3, 0.4) is 0 Å². The minimum atomic E-state index is -3.34. The van der Waals surface area contributed by atoms with Gasteiger partial charge >= 0.3 is 0 Å². The van der Waals surface area contributed by atoms with Gasteiger partial charge in [-0.25, -0.2) is 8.42 Å². The third-order valence-electron chi connectivity index (χ3n) is 5.89.